The third kappa shape index (κ3) is 4.84. The molecule has 2 rings (SSSR count). The van der Waals surface area contributed by atoms with E-state index in [2.05, 4.69) is 27.8 Å². The van der Waals surface area contributed by atoms with Gasteiger partial charge in [0.25, 0.3) is 5.91 Å². The van der Waals surface area contributed by atoms with Crippen molar-refractivity contribution in [3.63, 3.8) is 0 Å². The molecule has 2 aromatic rings. The molecule has 0 atom stereocenters. The van der Waals surface area contributed by atoms with Gasteiger partial charge in [-0.15, -0.1) is 10.2 Å². The van der Waals surface area contributed by atoms with Crippen LogP contribution in [0.2, 0.25) is 0 Å². The van der Waals surface area contributed by atoms with Crippen molar-refractivity contribution in [1.29, 1.82) is 0 Å². The standard InChI is InChI=1S/C17H22N4O/c1-3-4-10-18-16-9-8-15(20-21-16)17(22)19-12-14-7-5-6-13(2)11-14/h5-9,11H,3-4,10,12H2,1-2H3,(H,18,21)(H,19,22). The number of hydrogen-bond acceptors (Lipinski definition) is 4. The lowest BCUT2D eigenvalue weighted by Crippen LogP contribution is -2.24. The van der Waals surface area contributed by atoms with E-state index in [1.165, 1.54) is 5.56 Å². The second-order valence-electron chi connectivity index (χ2n) is 5.26. The van der Waals surface area contributed by atoms with Gasteiger partial charge in [-0.05, 0) is 31.0 Å². The second-order valence-corrected chi connectivity index (χ2v) is 5.26. The van der Waals surface area contributed by atoms with E-state index in [1.807, 2.05) is 31.2 Å². The van der Waals surface area contributed by atoms with Gasteiger partial charge in [-0.3, -0.25) is 4.79 Å². The van der Waals surface area contributed by atoms with Crippen LogP contribution in [0.15, 0.2) is 36.4 Å². The van der Waals surface area contributed by atoms with Gasteiger partial charge in [-0.2, -0.15) is 0 Å². The summed E-state index contributed by atoms with van der Waals surface area (Å²) in [7, 11) is 0. The number of nitrogens with zero attached hydrogens (tertiary/aromatic N) is 2. The maximum absolute atomic E-state index is 12.0. The monoisotopic (exact) mass is 298 g/mol. The molecule has 1 aromatic carbocycles. The predicted molar refractivity (Wildman–Crippen MR) is 87.8 cm³/mol. The summed E-state index contributed by atoms with van der Waals surface area (Å²) in [6.45, 7) is 5.51. The number of nitrogens with one attached hydrogen (secondary N) is 2. The number of carbonyl (C=O) groups excluding carboxylic acids is 1. The number of aryl methyl sites for hydroxylation is 1. The van der Waals surface area contributed by atoms with Gasteiger partial charge < -0.3 is 10.6 Å². The molecule has 0 aliphatic rings. The summed E-state index contributed by atoms with van der Waals surface area (Å²) >= 11 is 0. The smallest absolute Gasteiger partial charge is 0.272 e. The number of aromatic nitrogens is 2. The first-order valence-electron chi connectivity index (χ1n) is 7.60. The number of rotatable bonds is 7. The van der Waals surface area contributed by atoms with Crippen LogP contribution in [0.1, 0.15) is 41.4 Å². The highest BCUT2D eigenvalue weighted by Gasteiger charge is 2.07. The topological polar surface area (TPSA) is 66.9 Å². The molecule has 22 heavy (non-hydrogen) atoms. The van der Waals surface area contributed by atoms with E-state index in [9.17, 15) is 4.79 Å². The summed E-state index contributed by atoms with van der Waals surface area (Å²) in [5, 5.41) is 14.0. The maximum Gasteiger partial charge on any atom is 0.272 e. The average molecular weight is 298 g/mol. The van der Waals surface area contributed by atoms with Gasteiger partial charge >= 0.3 is 0 Å². The van der Waals surface area contributed by atoms with Gasteiger partial charge in [0.05, 0.1) is 0 Å². The molecule has 0 saturated carbocycles. The lowest BCUT2D eigenvalue weighted by molar-refractivity contribution is 0.0945. The van der Waals surface area contributed by atoms with E-state index in [-0.39, 0.29) is 5.91 Å². The lowest BCUT2D eigenvalue weighted by Gasteiger charge is -2.06. The molecule has 0 aliphatic heterocycles. The van der Waals surface area contributed by atoms with Gasteiger partial charge in [-0.1, -0.05) is 43.2 Å². The minimum absolute atomic E-state index is 0.214. The highest BCUT2D eigenvalue weighted by molar-refractivity contribution is 5.92. The number of amides is 1. The number of benzene rings is 1. The summed E-state index contributed by atoms with van der Waals surface area (Å²) in [4.78, 5) is 12.0. The fourth-order valence-corrected chi connectivity index (χ4v) is 2.04. The van der Waals surface area contributed by atoms with Gasteiger partial charge in [0.15, 0.2) is 5.69 Å². The molecule has 1 heterocycles. The van der Waals surface area contributed by atoms with Crippen LogP contribution < -0.4 is 10.6 Å². The number of carbonyl (C=O) groups is 1. The van der Waals surface area contributed by atoms with Crippen molar-refractivity contribution in [2.45, 2.75) is 33.2 Å². The zero-order valence-corrected chi connectivity index (χ0v) is 13.1. The minimum atomic E-state index is -0.214. The first-order valence-corrected chi connectivity index (χ1v) is 7.60. The Morgan fingerprint density at radius 3 is 2.73 bits per heavy atom. The normalized spacial score (nSPS) is 10.3. The first-order chi connectivity index (χ1) is 10.7. The fourth-order valence-electron chi connectivity index (χ4n) is 2.04. The number of hydrogen-bond donors (Lipinski definition) is 2. The van der Waals surface area contributed by atoms with Crippen LogP contribution in [0.25, 0.3) is 0 Å². The largest absolute Gasteiger partial charge is 0.369 e. The van der Waals surface area contributed by atoms with Crippen molar-refractivity contribution < 1.29 is 4.79 Å². The molecule has 0 aliphatic carbocycles. The van der Waals surface area contributed by atoms with E-state index in [4.69, 9.17) is 0 Å². The third-order valence-electron chi connectivity index (χ3n) is 3.27. The van der Waals surface area contributed by atoms with Crippen molar-refractivity contribution in [3.8, 4) is 0 Å². The molecule has 1 amide bonds. The molecule has 5 nitrogen and oxygen atoms in total. The third-order valence-corrected chi connectivity index (χ3v) is 3.27. The number of anilines is 1. The Bertz CT molecular complexity index is 610. The van der Waals surface area contributed by atoms with Crippen molar-refractivity contribution in [1.82, 2.24) is 15.5 Å². The van der Waals surface area contributed by atoms with Crippen molar-refractivity contribution in [2.24, 2.45) is 0 Å². The zero-order chi connectivity index (χ0) is 15.8. The van der Waals surface area contributed by atoms with Crippen LogP contribution in [0.5, 0.6) is 0 Å². The maximum atomic E-state index is 12.0. The molecule has 2 N–H and O–H groups in total. The van der Waals surface area contributed by atoms with E-state index < -0.39 is 0 Å². The van der Waals surface area contributed by atoms with Crippen molar-refractivity contribution in [2.75, 3.05) is 11.9 Å². The van der Waals surface area contributed by atoms with Crippen molar-refractivity contribution >= 4 is 11.7 Å². The summed E-state index contributed by atoms with van der Waals surface area (Å²) in [5.74, 6) is 0.484. The molecule has 0 unspecified atom stereocenters. The summed E-state index contributed by atoms with van der Waals surface area (Å²) in [6, 6.07) is 11.5. The van der Waals surface area contributed by atoms with Crippen LogP contribution in [0.4, 0.5) is 5.82 Å². The van der Waals surface area contributed by atoms with Gasteiger partial charge in [0.2, 0.25) is 0 Å². The van der Waals surface area contributed by atoms with Crippen LogP contribution in [0, 0.1) is 6.92 Å². The molecule has 0 spiro atoms. The Hall–Kier alpha value is -2.43. The Balaban J connectivity index is 1.87. The molecule has 0 radical (unpaired) electrons. The van der Waals surface area contributed by atoms with Crippen molar-refractivity contribution in [3.05, 3.63) is 53.2 Å². The van der Waals surface area contributed by atoms with Gasteiger partial charge in [0.1, 0.15) is 5.82 Å². The van der Waals surface area contributed by atoms with Gasteiger partial charge in [-0.25, -0.2) is 0 Å². The number of unbranched alkanes of at least 4 members (excludes halogenated alkanes) is 1. The molecule has 0 bridgehead atoms. The molecular weight excluding hydrogens is 276 g/mol. The zero-order valence-electron chi connectivity index (χ0n) is 13.1. The molecule has 116 valence electrons. The van der Waals surface area contributed by atoms with E-state index in [0.717, 1.165) is 24.9 Å². The van der Waals surface area contributed by atoms with E-state index in [0.29, 0.717) is 18.1 Å². The SMILES string of the molecule is CCCCNc1ccc(C(=O)NCc2cccc(C)c2)nn1. The average Bonchev–Trinajstić information content (AvgIpc) is 2.54. The fraction of sp³-hybridized carbons (Fsp3) is 0.353. The Morgan fingerprint density at radius 2 is 2.05 bits per heavy atom. The highest BCUT2D eigenvalue weighted by Crippen LogP contribution is 2.05. The second kappa shape index (κ2) is 8.12. The lowest BCUT2D eigenvalue weighted by atomic mass is 10.1. The van der Waals surface area contributed by atoms with Crippen LogP contribution in [0.3, 0.4) is 0 Å². The predicted octanol–water partition coefficient (Wildman–Crippen LogP) is 2.93. The van der Waals surface area contributed by atoms with Gasteiger partial charge in [0, 0.05) is 13.1 Å². The molecule has 1 aromatic heterocycles. The quantitative estimate of drug-likeness (QED) is 0.771. The summed E-state index contributed by atoms with van der Waals surface area (Å²) < 4.78 is 0. The molecular formula is C17H22N4O. The molecule has 5 heteroatoms. The van der Waals surface area contributed by atoms with E-state index in [1.54, 1.807) is 12.1 Å². The van der Waals surface area contributed by atoms with E-state index >= 15 is 0 Å². The molecule has 0 saturated heterocycles. The van der Waals surface area contributed by atoms with Crippen LogP contribution in [-0.2, 0) is 6.54 Å². The Labute approximate surface area is 131 Å². The van der Waals surface area contributed by atoms with Crippen LogP contribution in [-0.4, -0.2) is 22.6 Å². The minimum Gasteiger partial charge on any atom is -0.369 e. The van der Waals surface area contributed by atoms with Crippen LogP contribution >= 0.6 is 0 Å². The molecule has 0 fully saturated rings. The highest BCUT2D eigenvalue weighted by atomic mass is 16.1. The summed E-state index contributed by atoms with van der Waals surface area (Å²) in [5.41, 5.74) is 2.57. The summed E-state index contributed by atoms with van der Waals surface area (Å²) in [6.07, 6.45) is 2.21. The Kier molecular flexibility index (Phi) is 5.89. The Morgan fingerprint density at radius 1 is 1.18 bits per heavy atom. The first kappa shape index (κ1) is 15.9.